The Morgan fingerprint density at radius 3 is 2.00 bits per heavy atom. The van der Waals surface area contributed by atoms with Gasteiger partial charge in [0.1, 0.15) is 0 Å². The van der Waals surface area contributed by atoms with E-state index in [0.717, 1.165) is 1.93 Å². The highest BCUT2D eigenvalue weighted by Crippen LogP contribution is 2.49. The lowest BCUT2D eigenvalue weighted by molar-refractivity contribution is 0.825. The average molecular weight is 609 g/mol. The van der Waals surface area contributed by atoms with E-state index in [0.29, 0.717) is 0 Å². The molecule has 4 heteroatoms. The summed E-state index contributed by atoms with van der Waals surface area (Å²) < 4.78 is 2.20. The molecular weight excluding hydrogens is 582 g/mol. The van der Waals surface area contributed by atoms with Gasteiger partial charge in [-0.25, -0.2) is 0 Å². The fourth-order valence-corrected chi connectivity index (χ4v) is 3.93. The molecule has 0 N–H and O–H groups in total. The number of alkyl halides is 2. The molecule has 1 aliphatic rings. The second-order valence-corrected chi connectivity index (χ2v) is 14.1. The van der Waals surface area contributed by atoms with Crippen molar-refractivity contribution in [3.05, 3.63) is 33.3 Å². The molecule has 1 aliphatic heterocycles. The van der Waals surface area contributed by atoms with Crippen molar-refractivity contribution < 1.29 is 0 Å². The van der Waals surface area contributed by atoms with E-state index in [1.807, 2.05) is 25.6 Å². The van der Waals surface area contributed by atoms with Crippen molar-refractivity contribution in [1.29, 1.82) is 0 Å². The third-order valence-corrected chi connectivity index (χ3v) is 5.80. The van der Waals surface area contributed by atoms with Gasteiger partial charge in [-0.2, -0.15) is 0 Å². The summed E-state index contributed by atoms with van der Waals surface area (Å²) in [6, 6.07) is 4.39. The van der Waals surface area contributed by atoms with Crippen molar-refractivity contribution in [2.45, 2.75) is 67.0 Å². The van der Waals surface area contributed by atoms with Crippen LogP contribution in [0.25, 0.3) is 5.57 Å². The number of hydrogen-bond acceptors (Lipinski definition) is 1. The number of fused-ring (bicyclic) bond motifs is 1. The first-order valence-electron chi connectivity index (χ1n) is 7.52. The molecular formula is C18H27BrI2S. The molecule has 0 amide bonds. The molecule has 0 saturated heterocycles. The summed E-state index contributed by atoms with van der Waals surface area (Å²) in [4.78, 5) is 1.41. The minimum absolute atomic E-state index is 0.220. The Balaban J connectivity index is 0.000000640. The zero-order valence-corrected chi connectivity index (χ0v) is 21.5. The third kappa shape index (κ3) is 6.28. The van der Waals surface area contributed by atoms with E-state index in [-0.39, 0.29) is 4.75 Å². The maximum atomic E-state index is 3.62. The maximum absolute atomic E-state index is 3.62. The number of halogens is 3. The lowest BCUT2D eigenvalue weighted by Gasteiger charge is -2.34. The standard InChI is InChI=1S/C14H17BrS.C2H4I2.C2H6/c1-8-10(3)14(4,5)16-12-7-6-11(15)9(2)13(8)12;1-2(3)4;1-2/h6-7H,1-5H3;2H,1H3;1-2H3. The van der Waals surface area contributed by atoms with Gasteiger partial charge in [-0.3, -0.25) is 0 Å². The lowest BCUT2D eigenvalue weighted by atomic mass is 9.91. The molecule has 1 heterocycles. The second-order valence-electron chi connectivity index (χ2n) is 5.43. The lowest BCUT2D eigenvalue weighted by Crippen LogP contribution is -2.21. The number of benzene rings is 1. The molecule has 0 saturated carbocycles. The molecule has 0 unspecified atom stereocenters. The normalized spacial score (nSPS) is 15.5. The van der Waals surface area contributed by atoms with Crippen LogP contribution in [0.1, 0.15) is 59.6 Å². The predicted octanol–water partition coefficient (Wildman–Crippen LogP) is 8.66. The van der Waals surface area contributed by atoms with Crippen molar-refractivity contribution >= 4 is 78.4 Å². The Kier molecular flexibility index (Phi) is 10.9. The van der Waals surface area contributed by atoms with Crippen molar-refractivity contribution in [3.8, 4) is 0 Å². The van der Waals surface area contributed by atoms with Crippen LogP contribution < -0.4 is 0 Å². The Morgan fingerprint density at radius 1 is 1.09 bits per heavy atom. The minimum Gasteiger partial charge on any atom is -0.115 e. The second kappa shape index (κ2) is 10.3. The van der Waals surface area contributed by atoms with Crippen LogP contribution in [-0.2, 0) is 0 Å². The van der Waals surface area contributed by atoms with Gasteiger partial charge in [-0.05, 0) is 70.4 Å². The summed E-state index contributed by atoms with van der Waals surface area (Å²) in [6.07, 6.45) is 0. The number of allylic oxidation sites excluding steroid dienone is 1. The Hall–Kier alpha value is 1.25. The first-order chi connectivity index (χ1) is 10.1. The van der Waals surface area contributed by atoms with Crippen molar-refractivity contribution in [1.82, 2.24) is 0 Å². The van der Waals surface area contributed by atoms with E-state index in [9.17, 15) is 0 Å². The SMILES string of the molecule is CC.CC(I)I.CC1=C(C)C(C)(C)Sc2ccc(Br)c(C)c21. The van der Waals surface area contributed by atoms with Crippen LogP contribution in [0.2, 0.25) is 0 Å². The van der Waals surface area contributed by atoms with Gasteiger partial charge < -0.3 is 0 Å². The molecule has 0 aromatic heterocycles. The zero-order valence-electron chi connectivity index (χ0n) is 14.8. The predicted molar refractivity (Wildman–Crippen MR) is 126 cm³/mol. The molecule has 0 bridgehead atoms. The highest BCUT2D eigenvalue weighted by atomic mass is 127. The number of rotatable bonds is 0. The Bertz CT molecular complexity index is 531. The number of thioether (sulfide) groups is 1. The van der Waals surface area contributed by atoms with Crippen LogP contribution in [0.4, 0.5) is 0 Å². The average Bonchev–Trinajstić information content (AvgIpc) is 2.42. The Labute approximate surface area is 177 Å². The largest absolute Gasteiger partial charge is 0.115 e. The molecule has 126 valence electrons. The molecule has 1 aromatic carbocycles. The molecule has 0 radical (unpaired) electrons. The summed E-state index contributed by atoms with van der Waals surface area (Å²) in [7, 11) is 0. The van der Waals surface area contributed by atoms with E-state index in [4.69, 9.17) is 0 Å². The van der Waals surface area contributed by atoms with Gasteiger partial charge in [0.05, 0.1) is 1.93 Å². The molecule has 0 atom stereocenters. The monoisotopic (exact) mass is 608 g/mol. The minimum atomic E-state index is 0.220. The molecule has 0 fully saturated rings. The topological polar surface area (TPSA) is 0 Å². The smallest absolute Gasteiger partial charge is 0.0598 e. The van der Waals surface area contributed by atoms with Crippen LogP contribution in [0.3, 0.4) is 0 Å². The van der Waals surface area contributed by atoms with Crippen LogP contribution >= 0.6 is 72.9 Å². The van der Waals surface area contributed by atoms with E-state index in [1.165, 1.54) is 31.6 Å². The van der Waals surface area contributed by atoms with E-state index >= 15 is 0 Å². The van der Waals surface area contributed by atoms with Crippen molar-refractivity contribution in [2.24, 2.45) is 0 Å². The molecule has 22 heavy (non-hydrogen) atoms. The van der Waals surface area contributed by atoms with Crippen LogP contribution in [0.5, 0.6) is 0 Å². The fraction of sp³-hybridized carbons (Fsp3) is 0.556. The first kappa shape index (κ1) is 23.2. The summed E-state index contributed by atoms with van der Waals surface area (Å²) in [5.74, 6) is 0. The van der Waals surface area contributed by atoms with Crippen LogP contribution in [0, 0.1) is 6.92 Å². The maximum Gasteiger partial charge on any atom is 0.0598 e. The van der Waals surface area contributed by atoms with Gasteiger partial charge in [0.2, 0.25) is 0 Å². The molecule has 2 rings (SSSR count). The number of hydrogen-bond donors (Lipinski definition) is 0. The summed E-state index contributed by atoms with van der Waals surface area (Å²) in [6.45, 7) is 17.4. The highest BCUT2D eigenvalue weighted by Gasteiger charge is 2.30. The van der Waals surface area contributed by atoms with Crippen LogP contribution in [-0.4, -0.2) is 6.68 Å². The zero-order chi connectivity index (χ0) is 17.7. The van der Waals surface area contributed by atoms with Crippen molar-refractivity contribution in [2.75, 3.05) is 0 Å². The quantitative estimate of drug-likeness (QED) is 0.210. The van der Waals surface area contributed by atoms with Gasteiger partial charge in [-0.15, -0.1) is 11.8 Å². The summed E-state index contributed by atoms with van der Waals surface area (Å²) in [5, 5.41) is 0. The highest BCUT2D eigenvalue weighted by molar-refractivity contribution is 14.2. The van der Waals surface area contributed by atoms with Crippen molar-refractivity contribution in [3.63, 3.8) is 0 Å². The van der Waals surface area contributed by atoms with Crippen LogP contribution in [0.15, 0.2) is 27.1 Å². The van der Waals surface area contributed by atoms with E-state index in [2.05, 4.69) is 115 Å². The summed E-state index contributed by atoms with van der Waals surface area (Å²) in [5.41, 5.74) is 5.72. The van der Waals surface area contributed by atoms with Gasteiger partial charge in [0.15, 0.2) is 0 Å². The molecule has 0 aliphatic carbocycles. The van der Waals surface area contributed by atoms with Gasteiger partial charge in [-0.1, -0.05) is 80.5 Å². The van der Waals surface area contributed by atoms with E-state index in [1.54, 1.807) is 0 Å². The van der Waals surface area contributed by atoms with Gasteiger partial charge in [0.25, 0.3) is 0 Å². The molecule has 0 spiro atoms. The Morgan fingerprint density at radius 2 is 1.55 bits per heavy atom. The van der Waals surface area contributed by atoms with Gasteiger partial charge >= 0.3 is 0 Å². The third-order valence-electron chi connectivity index (χ3n) is 3.57. The van der Waals surface area contributed by atoms with Gasteiger partial charge in [0, 0.05) is 14.1 Å². The molecule has 1 aromatic rings. The fourth-order valence-electron chi connectivity index (χ4n) is 2.20. The van der Waals surface area contributed by atoms with E-state index < -0.39 is 0 Å². The summed E-state index contributed by atoms with van der Waals surface area (Å²) >= 11 is 10.2. The first-order valence-corrected chi connectivity index (χ1v) is 11.6. The molecule has 0 nitrogen and oxygen atoms in total.